The highest BCUT2D eigenvalue weighted by atomic mass is 14.9. The van der Waals surface area contributed by atoms with E-state index in [2.05, 4.69) is 46.9 Å². The van der Waals surface area contributed by atoms with Crippen molar-refractivity contribution in [2.45, 2.75) is 79.3 Å². The summed E-state index contributed by atoms with van der Waals surface area (Å²) in [7, 11) is 0. The zero-order valence-corrected chi connectivity index (χ0v) is 11.6. The van der Waals surface area contributed by atoms with Gasteiger partial charge < -0.3 is 5.32 Å². The zero-order valence-electron chi connectivity index (χ0n) is 11.6. The van der Waals surface area contributed by atoms with Crippen LogP contribution in [0.1, 0.15) is 67.2 Å². The van der Waals surface area contributed by atoms with Gasteiger partial charge in [-0.2, -0.15) is 0 Å². The molecule has 3 atom stereocenters. The lowest BCUT2D eigenvalue weighted by atomic mass is 9.97. The van der Waals surface area contributed by atoms with E-state index in [1.165, 1.54) is 25.7 Å². The quantitative estimate of drug-likeness (QED) is 0.636. The molecule has 0 aliphatic heterocycles. The molecule has 0 aromatic heterocycles. The summed E-state index contributed by atoms with van der Waals surface area (Å²) >= 11 is 0. The van der Waals surface area contributed by atoms with Crippen molar-refractivity contribution >= 4 is 0 Å². The minimum atomic E-state index is 0.670. The first-order valence-electron chi connectivity index (χ1n) is 6.75. The molecule has 0 fully saturated rings. The molecule has 0 rings (SSSR count). The topological polar surface area (TPSA) is 12.0 Å². The molecule has 0 aromatic carbocycles. The molecule has 1 heteroatoms. The molecule has 0 heterocycles. The maximum Gasteiger partial charge on any atom is 0.00693 e. The second kappa shape index (κ2) is 8.15. The van der Waals surface area contributed by atoms with Gasteiger partial charge >= 0.3 is 0 Å². The van der Waals surface area contributed by atoms with Crippen LogP contribution in [0.4, 0.5) is 0 Å². The van der Waals surface area contributed by atoms with Crippen LogP contribution < -0.4 is 5.32 Å². The molecule has 0 bridgehead atoms. The lowest BCUT2D eigenvalue weighted by molar-refractivity contribution is 0.334. The van der Waals surface area contributed by atoms with Crippen molar-refractivity contribution in [2.75, 3.05) is 0 Å². The fourth-order valence-electron chi connectivity index (χ4n) is 2.16. The summed E-state index contributed by atoms with van der Waals surface area (Å²) in [4.78, 5) is 0. The van der Waals surface area contributed by atoms with Crippen molar-refractivity contribution in [1.29, 1.82) is 0 Å². The largest absolute Gasteiger partial charge is 0.311 e. The summed E-state index contributed by atoms with van der Waals surface area (Å²) in [6.07, 6.45) is 5.17. The van der Waals surface area contributed by atoms with Crippen molar-refractivity contribution in [2.24, 2.45) is 11.8 Å². The lowest BCUT2D eigenvalue weighted by Gasteiger charge is -2.25. The van der Waals surface area contributed by atoms with Crippen LogP contribution in [0, 0.1) is 11.8 Å². The number of hydrogen-bond acceptors (Lipinski definition) is 1. The van der Waals surface area contributed by atoms with E-state index in [9.17, 15) is 0 Å². The van der Waals surface area contributed by atoms with E-state index in [1.807, 2.05) is 0 Å². The van der Waals surface area contributed by atoms with Crippen molar-refractivity contribution in [3.05, 3.63) is 0 Å². The molecule has 0 aliphatic rings. The third-order valence-corrected chi connectivity index (χ3v) is 3.22. The van der Waals surface area contributed by atoms with E-state index >= 15 is 0 Å². The molecule has 0 radical (unpaired) electrons. The molecule has 92 valence electrons. The van der Waals surface area contributed by atoms with Crippen LogP contribution in [0.25, 0.3) is 0 Å². The standard InChI is InChI=1S/C14H31N/c1-7-12(5)10-13(6)15-14(8-2)9-11(3)4/h11-15H,7-10H2,1-6H3. The van der Waals surface area contributed by atoms with Crippen LogP contribution in [-0.4, -0.2) is 12.1 Å². The van der Waals surface area contributed by atoms with Gasteiger partial charge in [0, 0.05) is 12.1 Å². The van der Waals surface area contributed by atoms with E-state index < -0.39 is 0 Å². The van der Waals surface area contributed by atoms with Crippen molar-refractivity contribution < 1.29 is 0 Å². The Hall–Kier alpha value is -0.0400. The first-order chi connectivity index (χ1) is 6.99. The van der Waals surface area contributed by atoms with Crippen LogP contribution in [0.15, 0.2) is 0 Å². The maximum atomic E-state index is 3.76. The van der Waals surface area contributed by atoms with Crippen LogP contribution in [-0.2, 0) is 0 Å². The van der Waals surface area contributed by atoms with Crippen molar-refractivity contribution in [3.8, 4) is 0 Å². The van der Waals surface area contributed by atoms with Gasteiger partial charge in [-0.3, -0.25) is 0 Å². The monoisotopic (exact) mass is 213 g/mol. The van der Waals surface area contributed by atoms with Gasteiger partial charge in [-0.25, -0.2) is 0 Å². The van der Waals surface area contributed by atoms with E-state index in [-0.39, 0.29) is 0 Å². The highest BCUT2D eigenvalue weighted by Crippen LogP contribution is 2.13. The molecule has 15 heavy (non-hydrogen) atoms. The van der Waals surface area contributed by atoms with Gasteiger partial charge in [0.05, 0.1) is 0 Å². The highest BCUT2D eigenvalue weighted by Gasteiger charge is 2.13. The molecule has 0 amide bonds. The van der Waals surface area contributed by atoms with Gasteiger partial charge in [0.25, 0.3) is 0 Å². The average Bonchev–Trinajstić information content (AvgIpc) is 2.15. The first kappa shape index (κ1) is 15.0. The summed E-state index contributed by atoms with van der Waals surface area (Å²) in [5.41, 5.74) is 0. The number of rotatable bonds is 8. The van der Waals surface area contributed by atoms with E-state index in [0.717, 1.165) is 11.8 Å². The van der Waals surface area contributed by atoms with Crippen LogP contribution in [0.5, 0.6) is 0 Å². The molecular weight excluding hydrogens is 182 g/mol. The fourth-order valence-corrected chi connectivity index (χ4v) is 2.16. The fraction of sp³-hybridized carbons (Fsp3) is 1.00. The van der Waals surface area contributed by atoms with Gasteiger partial charge in [-0.15, -0.1) is 0 Å². The molecule has 1 nitrogen and oxygen atoms in total. The zero-order chi connectivity index (χ0) is 11.8. The summed E-state index contributed by atoms with van der Waals surface area (Å²) in [6.45, 7) is 13.9. The van der Waals surface area contributed by atoms with Gasteiger partial charge in [0.15, 0.2) is 0 Å². The summed E-state index contributed by atoms with van der Waals surface area (Å²) in [6, 6.07) is 1.38. The van der Waals surface area contributed by atoms with Crippen LogP contribution >= 0.6 is 0 Å². The summed E-state index contributed by atoms with van der Waals surface area (Å²) < 4.78 is 0. The van der Waals surface area contributed by atoms with Gasteiger partial charge in [-0.05, 0) is 38.0 Å². The third-order valence-electron chi connectivity index (χ3n) is 3.22. The predicted molar refractivity (Wildman–Crippen MR) is 70.2 cm³/mol. The lowest BCUT2D eigenvalue weighted by Crippen LogP contribution is -2.37. The molecule has 3 unspecified atom stereocenters. The Bertz CT molecular complexity index is 142. The Morgan fingerprint density at radius 2 is 1.47 bits per heavy atom. The summed E-state index contributed by atoms with van der Waals surface area (Å²) in [5, 5.41) is 3.76. The average molecular weight is 213 g/mol. The summed E-state index contributed by atoms with van der Waals surface area (Å²) in [5.74, 6) is 1.65. The Labute approximate surface area is 97.0 Å². The molecule has 0 saturated carbocycles. The predicted octanol–water partition coefficient (Wildman–Crippen LogP) is 4.23. The Kier molecular flexibility index (Phi) is 8.13. The van der Waals surface area contributed by atoms with E-state index in [0.29, 0.717) is 12.1 Å². The minimum Gasteiger partial charge on any atom is -0.311 e. The second-order valence-corrected chi connectivity index (χ2v) is 5.55. The SMILES string of the molecule is CCC(C)CC(C)NC(CC)CC(C)C. The molecule has 0 aromatic rings. The normalized spacial score (nSPS) is 17.8. The first-order valence-corrected chi connectivity index (χ1v) is 6.75. The Balaban J connectivity index is 3.84. The molecule has 0 aliphatic carbocycles. The molecule has 0 saturated heterocycles. The highest BCUT2D eigenvalue weighted by molar-refractivity contribution is 4.73. The molecule has 0 spiro atoms. The van der Waals surface area contributed by atoms with Crippen LogP contribution in [0.3, 0.4) is 0 Å². The van der Waals surface area contributed by atoms with Crippen LogP contribution in [0.2, 0.25) is 0 Å². The van der Waals surface area contributed by atoms with E-state index in [4.69, 9.17) is 0 Å². The Morgan fingerprint density at radius 1 is 0.867 bits per heavy atom. The maximum absolute atomic E-state index is 3.76. The van der Waals surface area contributed by atoms with Gasteiger partial charge in [-0.1, -0.05) is 41.0 Å². The molecular formula is C14H31N. The number of nitrogens with one attached hydrogen (secondary N) is 1. The smallest absolute Gasteiger partial charge is 0.00693 e. The molecule has 1 N–H and O–H groups in total. The van der Waals surface area contributed by atoms with Gasteiger partial charge in [0.2, 0.25) is 0 Å². The third kappa shape index (κ3) is 7.84. The van der Waals surface area contributed by atoms with Crippen molar-refractivity contribution in [3.63, 3.8) is 0 Å². The Morgan fingerprint density at radius 3 is 1.87 bits per heavy atom. The van der Waals surface area contributed by atoms with E-state index in [1.54, 1.807) is 0 Å². The minimum absolute atomic E-state index is 0.670. The van der Waals surface area contributed by atoms with Crippen molar-refractivity contribution in [1.82, 2.24) is 5.32 Å². The number of hydrogen-bond donors (Lipinski definition) is 1. The van der Waals surface area contributed by atoms with Gasteiger partial charge in [0.1, 0.15) is 0 Å². The second-order valence-electron chi connectivity index (χ2n) is 5.55.